The van der Waals surface area contributed by atoms with E-state index in [0.29, 0.717) is 17.2 Å². The number of fused-ring (bicyclic) bond motifs is 1. The van der Waals surface area contributed by atoms with Crippen LogP contribution in [-0.2, 0) is 12.7 Å². The molecule has 1 fully saturated rings. The molecule has 1 saturated heterocycles. The third-order valence-corrected chi connectivity index (χ3v) is 7.09. The number of benzene rings is 2. The second kappa shape index (κ2) is 9.79. The number of hydrogen-bond donors (Lipinski definition) is 1. The van der Waals surface area contributed by atoms with Crippen LogP contribution in [0.1, 0.15) is 24.0 Å². The zero-order valence-electron chi connectivity index (χ0n) is 18.6. The van der Waals surface area contributed by atoms with Crippen molar-refractivity contribution in [3.8, 4) is 11.3 Å². The van der Waals surface area contributed by atoms with Crippen molar-refractivity contribution < 1.29 is 13.2 Å². The van der Waals surface area contributed by atoms with E-state index in [-0.39, 0.29) is 6.04 Å². The second-order valence-electron chi connectivity index (χ2n) is 8.62. The van der Waals surface area contributed by atoms with E-state index in [9.17, 15) is 13.2 Å². The van der Waals surface area contributed by atoms with Crippen molar-refractivity contribution in [2.75, 3.05) is 18.4 Å². The highest BCUT2D eigenvalue weighted by molar-refractivity contribution is 9.10. The number of likely N-dealkylation sites (tertiary alicyclic amines) is 1. The molecule has 0 saturated carbocycles. The Labute approximate surface area is 214 Å². The highest BCUT2D eigenvalue weighted by atomic mass is 79.9. The van der Waals surface area contributed by atoms with E-state index in [1.54, 1.807) is 22.8 Å². The monoisotopic (exact) mass is 563 g/mol. The zero-order valence-corrected chi connectivity index (χ0v) is 20.9. The van der Waals surface area contributed by atoms with Gasteiger partial charge in [-0.25, -0.2) is 4.98 Å². The third kappa shape index (κ3) is 5.32. The summed E-state index contributed by atoms with van der Waals surface area (Å²) in [7, 11) is 0. The van der Waals surface area contributed by atoms with Gasteiger partial charge in [0, 0.05) is 42.3 Å². The first kappa shape index (κ1) is 24.1. The summed E-state index contributed by atoms with van der Waals surface area (Å²) < 4.78 is 41.0. The molecule has 0 radical (unpaired) electrons. The first-order chi connectivity index (χ1) is 16.8. The van der Waals surface area contributed by atoms with E-state index in [4.69, 9.17) is 16.6 Å². The molecule has 0 aliphatic carbocycles. The van der Waals surface area contributed by atoms with Crippen molar-refractivity contribution in [1.82, 2.24) is 19.5 Å². The van der Waals surface area contributed by atoms with Gasteiger partial charge in [-0.3, -0.25) is 4.90 Å². The Bertz CT molecular complexity index is 1330. The molecule has 0 amide bonds. The Kier molecular flexibility index (Phi) is 6.74. The zero-order chi connectivity index (χ0) is 24.6. The SMILES string of the molecule is FC(F)(F)c1ccc(CN2CCC(Nc3cc(-c4ccccc4Cl)nc4c(Br)cnn34)CC2)cc1. The molecule has 1 N–H and O–H groups in total. The maximum Gasteiger partial charge on any atom is 0.416 e. The number of anilines is 1. The number of halogens is 5. The van der Waals surface area contributed by atoms with Crippen LogP contribution in [-0.4, -0.2) is 38.6 Å². The van der Waals surface area contributed by atoms with E-state index in [1.165, 1.54) is 0 Å². The van der Waals surface area contributed by atoms with Crippen LogP contribution in [0.5, 0.6) is 0 Å². The summed E-state index contributed by atoms with van der Waals surface area (Å²) >= 11 is 9.96. The first-order valence-corrected chi connectivity index (χ1v) is 12.4. The average molecular weight is 565 g/mol. The van der Waals surface area contributed by atoms with Crippen molar-refractivity contribution in [1.29, 1.82) is 0 Å². The fraction of sp³-hybridized carbons (Fsp3) is 0.280. The summed E-state index contributed by atoms with van der Waals surface area (Å²) in [5, 5.41) is 8.70. The predicted octanol–water partition coefficient (Wildman–Crippen LogP) is 6.91. The number of piperidine rings is 1. The summed E-state index contributed by atoms with van der Waals surface area (Å²) in [5.41, 5.74) is 2.57. The summed E-state index contributed by atoms with van der Waals surface area (Å²) in [6.07, 6.45) is -0.796. The molecule has 182 valence electrons. The van der Waals surface area contributed by atoms with Crippen molar-refractivity contribution >= 4 is 39.0 Å². The van der Waals surface area contributed by atoms with Gasteiger partial charge in [0.15, 0.2) is 5.65 Å². The van der Waals surface area contributed by atoms with Gasteiger partial charge in [-0.05, 0) is 52.5 Å². The molecule has 5 rings (SSSR count). The Morgan fingerprint density at radius 3 is 2.46 bits per heavy atom. The Morgan fingerprint density at radius 2 is 1.77 bits per heavy atom. The molecule has 10 heteroatoms. The fourth-order valence-electron chi connectivity index (χ4n) is 4.35. The van der Waals surface area contributed by atoms with Crippen molar-refractivity contribution in [2.24, 2.45) is 0 Å². The van der Waals surface area contributed by atoms with E-state index >= 15 is 0 Å². The van der Waals surface area contributed by atoms with Crippen LogP contribution in [0.3, 0.4) is 0 Å². The second-order valence-corrected chi connectivity index (χ2v) is 9.89. The minimum atomic E-state index is -4.31. The van der Waals surface area contributed by atoms with Gasteiger partial charge in [0.1, 0.15) is 5.82 Å². The van der Waals surface area contributed by atoms with Gasteiger partial charge in [0.05, 0.1) is 21.9 Å². The highest BCUT2D eigenvalue weighted by Gasteiger charge is 2.30. The van der Waals surface area contributed by atoms with Crippen molar-refractivity contribution in [3.05, 3.63) is 81.4 Å². The van der Waals surface area contributed by atoms with Gasteiger partial charge in [-0.1, -0.05) is 41.9 Å². The molecule has 3 heterocycles. The molecular formula is C25H22BrClF3N5. The normalized spacial score (nSPS) is 15.6. The summed E-state index contributed by atoms with van der Waals surface area (Å²) in [6, 6.07) is 15.2. The van der Waals surface area contributed by atoms with E-state index in [0.717, 1.165) is 65.2 Å². The van der Waals surface area contributed by atoms with Crippen LogP contribution in [0.4, 0.5) is 19.0 Å². The quantitative estimate of drug-likeness (QED) is 0.286. The molecule has 0 atom stereocenters. The van der Waals surface area contributed by atoms with Crippen LogP contribution < -0.4 is 5.32 Å². The van der Waals surface area contributed by atoms with Gasteiger partial charge in [-0.15, -0.1) is 0 Å². The van der Waals surface area contributed by atoms with Gasteiger partial charge in [0.2, 0.25) is 0 Å². The minimum Gasteiger partial charge on any atom is -0.367 e. The molecular weight excluding hydrogens is 543 g/mol. The fourth-order valence-corrected chi connectivity index (χ4v) is 4.93. The molecule has 2 aromatic carbocycles. The lowest BCUT2D eigenvalue weighted by atomic mass is 10.0. The smallest absolute Gasteiger partial charge is 0.367 e. The van der Waals surface area contributed by atoms with Crippen LogP contribution in [0.25, 0.3) is 16.9 Å². The topological polar surface area (TPSA) is 45.5 Å². The Morgan fingerprint density at radius 1 is 1.06 bits per heavy atom. The largest absolute Gasteiger partial charge is 0.416 e. The van der Waals surface area contributed by atoms with Gasteiger partial charge >= 0.3 is 6.18 Å². The van der Waals surface area contributed by atoms with Crippen LogP contribution in [0.15, 0.2) is 65.3 Å². The Balaban J connectivity index is 1.28. The number of hydrogen-bond acceptors (Lipinski definition) is 4. The van der Waals surface area contributed by atoms with Gasteiger partial charge < -0.3 is 5.32 Å². The number of aromatic nitrogens is 3. The molecule has 1 aliphatic rings. The summed E-state index contributed by atoms with van der Waals surface area (Å²) in [6.45, 7) is 2.31. The molecule has 35 heavy (non-hydrogen) atoms. The molecule has 5 nitrogen and oxygen atoms in total. The van der Waals surface area contributed by atoms with Crippen LogP contribution in [0.2, 0.25) is 5.02 Å². The van der Waals surface area contributed by atoms with E-state index < -0.39 is 11.7 Å². The Hall–Kier alpha value is -2.62. The number of rotatable bonds is 5. The maximum absolute atomic E-state index is 12.8. The molecule has 1 aliphatic heterocycles. The minimum absolute atomic E-state index is 0.228. The predicted molar refractivity (Wildman–Crippen MR) is 134 cm³/mol. The first-order valence-electron chi connectivity index (χ1n) is 11.2. The standard InChI is InChI=1S/C25H22BrClF3N5/c26-20-14-31-35-23(13-22(33-24(20)35)19-3-1-2-4-21(19)27)32-18-9-11-34(12-10-18)15-16-5-7-17(8-6-16)25(28,29)30/h1-8,13-14,18,32H,9-12,15H2. The maximum atomic E-state index is 12.8. The lowest BCUT2D eigenvalue weighted by molar-refractivity contribution is -0.137. The van der Waals surface area contributed by atoms with E-state index in [1.807, 2.05) is 30.3 Å². The molecule has 0 spiro atoms. The average Bonchev–Trinajstić information content (AvgIpc) is 3.21. The number of nitrogens with zero attached hydrogens (tertiary/aromatic N) is 4. The van der Waals surface area contributed by atoms with Gasteiger partial charge in [0.25, 0.3) is 0 Å². The molecule has 2 aromatic heterocycles. The molecule has 0 bridgehead atoms. The van der Waals surface area contributed by atoms with Crippen LogP contribution >= 0.6 is 27.5 Å². The highest BCUT2D eigenvalue weighted by Crippen LogP contribution is 2.32. The number of alkyl halides is 3. The summed E-state index contributed by atoms with van der Waals surface area (Å²) in [5.74, 6) is 0.830. The van der Waals surface area contributed by atoms with Crippen molar-refractivity contribution in [2.45, 2.75) is 31.6 Å². The van der Waals surface area contributed by atoms with Gasteiger partial charge in [-0.2, -0.15) is 22.8 Å². The summed E-state index contributed by atoms with van der Waals surface area (Å²) in [4.78, 5) is 7.02. The lowest BCUT2D eigenvalue weighted by Gasteiger charge is -2.33. The molecule has 4 aromatic rings. The van der Waals surface area contributed by atoms with Crippen molar-refractivity contribution in [3.63, 3.8) is 0 Å². The molecule has 0 unspecified atom stereocenters. The third-order valence-electron chi connectivity index (χ3n) is 6.21. The lowest BCUT2D eigenvalue weighted by Crippen LogP contribution is -2.39. The number of nitrogens with one attached hydrogen (secondary N) is 1. The van der Waals surface area contributed by atoms with Crippen LogP contribution in [0, 0.1) is 0 Å². The van der Waals surface area contributed by atoms with E-state index in [2.05, 4.69) is 31.2 Å².